The maximum Gasteiger partial charge on any atom is 0.349 e. The second-order valence-corrected chi connectivity index (χ2v) is 8.99. The summed E-state index contributed by atoms with van der Waals surface area (Å²) in [5.74, 6) is -1.39. The zero-order valence-electron chi connectivity index (χ0n) is 17.9. The lowest BCUT2D eigenvalue weighted by atomic mass is 10.1. The summed E-state index contributed by atoms with van der Waals surface area (Å²) in [6.07, 6.45) is -3.63. The Bertz CT molecular complexity index is 1040. The van der Waals surface area contributed by atoms with Crippen LogP contribution in [0, 0.1) is 0 Å². The zero-order valence-corrected chi connectivity index (χ0v) is 18.8. The molecule has 2 amide bonds. The van der Waals surface area contributed by atoms with E-state index in [-0.39, 0.29) is 36.5 Å². The number of nitrogen functional groups attached to an aromatic ring is 1. The number of carbonyl (C=O) groups excluding carboxylic acids is 2. The molecular weight excluding hydrogens is 461 g/mol. The Morgan fingerprint density at radius 2 is 1.88 bits per heavy atom. The Kier molecular flexibility index (Phi) is 7.94. The Labute approximate surface area is 188 Å². The van der Waals surface area contributed by atoms with Crippen LogP contribution in [-0.4, -0.2) is 85.9 Å². The number of amides is 2. The molecule has 1 aliphatic rings. The number of nitrogens with zero attached hydrogens (tertiary/aromatic N) is 4. The molecule has 182 valence electrons. The lowest BCUT2D eigenvalue weighted by molar-refractivity contribution is -0.139. The van der Waals surface area contributed by atoms with E-state index in [0.717, 1.165) is 0 Å². The van der Waals surface area contributed by atoms with E-state index in [1.165, 1.54) is 17.2 Å². The molecule has 15 nitrogen and oxygen atoms in total. The highest BCUT2D eigenvalue weighted by Crippen LogP contribution is 2.46. The Balaban J connectivity index is 1.58. The number of hydrogen-bond donors (Lipinski definition) is 5. The summed E-state index contributed by atoms with van der Waals surface area (Å²) in [6.45, 7) is 3.04. The zero-order chi connectivity index (χ0) is 24.2. The molecule has 0 aliphatic carbocycles. The second-order valence-electron chi connectivity index (χ2n) is 6.93. The van der Waals surface area contributed by atoms with Crippen LogP contribution in [0.15, 0.2) is 12.7 Å². The number of anilines is 1. The van der Waals surface area contributed by atoms with Gasteiger partial charge in [-0.05, 0) is 13.8 Å². The summed E-state index contributed by atoms with van der Waals surface area (Å²) in [6, 6.07) is 0. The molecule has 33 heavy (non-hydrogen) atoms. The number of carbonyl (C=O) groups is 2. The molecule has 4 atom stereocenters. The molecule has 0 aromatic carbocycles. The number of aliphatic hydroxyl groups is 2. The van der Waals surface area contributed by atoms with Crippen LogP contribution in [0.25, 0.3) is 11.2 Å². The maximum atomic E-state index is 12.5. The molecule has 3 heterocycles. The largest absolute Gasteiger partial charge is 0.387 e. The van der Waals surface area contributed by atoms with Gasteiger partial charge in [-0.1, -0.05) is 0 Å². The highest BCUT2D eigenvalue weighted by molar-refractivity contribution is 7.53. The minimum atomic E-state index is -3.49. The van der Waals surface area contributed by atoms with Crippen LogP contribution in [0.4, 0.5) is 5.82 Å². The first-order chi connectivity index (χ1) is 15.7. The number of ether oxygens (including phenoxy) is 1. The average Bonchev–Trinajstić information content (AvgIpc) is 3.33. The first-order valence-corrected chi connectivity index (χ1v) is 11.8. The minimum absolute atomic E-state index is 0.116. The van der Waals surface area contributed by atoms with Gasteiger partial charge in [0.05, 0.1) is 26.1 Å². The van der Waals surface area contributed by atoms with E-state index in [1.807, 2.05) is 0 Å². The molecule has 3 rings (SSSR count). The van der Waals surface area contributed by atoms with Gasteiger partial charge in [0.2, 0.25) is 5.91 Å². The fourth-order valence-electron chi connectivity index (χ4n) is 3.20. The molecule has 0 spiro atoms. The number of hydrogen-bond acceptors (Lipinski definition) is 12. The van der Waals surface area contributed by atoms with Gasteiger partial charge in [0.25, 0.3) is 5.91 Å². The van der Waals surface area contributed by atoms with Crippen LogP contribution in [0.5, 0.6) is 0 Å². The third kappa shape index (κ3) is 5.46. The molecule has 2 aromatic heterocycles. The van der Waals surface area contributed by atoms with E-state index in [9.17, 15) is 24.4 Å². The molecule has 1 saturated heterocycles. The van der Waals surface area contributed by atoms with Gasteiger partial charge in [0.1, 0.15) is 30.3 Å². The van der Waals surface area contributed by atoms with Crippen LogP contribution in [-0.2, 0) is 27.9 Å². The SMILES string of the molecule is CCOP(=O)(CNC(=O)CNC(=O)[C@H]1O[C@@H](n2cnc3c(N)ncnc32)[C@H](O)[C@@H]1O)OCC. The number of nitrogens with two attached hydrogens (primary N) is 1. The fourth-order valence-corrected chi connectivity index (χ4v) is 4.61. The Morgan fingerprint density at radius 1 is 1.18 bits per heavy atom. The standard InChI is InChI=1S/C17H26N7O8P/c1-3-30-33(29,31-4-2)8-23-9(25)5-19-16(28)13-11(26)12(27)17(32-13)24-7-22-10-14(18)20-6-21-15(10)24/h6-7,11-13,17,26-27H,3-5,8H2,1-2H3,(H,19,28)(H,23,25)(H2,18,20,21)/t11-,12+,13-,17+/m0/s1. The second kappa shape index (κ2) is 10.5. The topological polar surface area (TPSA) is 213 Å². The minimum Gasteiger partial charge on any atom is -0.387 e. The summed E-state index contributed by atoms with van der Waals surface area (Å²) in [5, 5.41) is 25.4. The van der Waals surface area contributed by atoms with Gasteiger partial charge in [-0.15, -0.1) is 0 Å². The summed E-state index contributed by atoms with van der Waals surface area (Å²) in [4.78, 5) is 36.4. The third-order valence-electron chi connectivity index (χ3n) is 4.70. The molecule has 2 aromatic rings. The van der Waals surface area contributed by atoms with Crippen molar-refractivity contribution in [1.29, 1.82) is 0 Å². The van der Waals surface area contributed by atoms with Gasteiger partial charge in [0, 0.05) is 0 Å². The molecule has 0 saturated carbocycles. The maximum absolute atomic E-state index is 12.5. The number of fused-ring (bicyclic) bond motifs is 1. The van der Waals surface area contributed by atoms with Crippen molar-refractivity contribution in [1.82, 2.24) is 30.2 Å². The number of imidazole rings is 1. The van der Waals surface area contributed by atoms with Crippen LogP contribution in [0.2, 0.25) is 0 Å². The number of aromatic nitrogens is 4. The number of nitrogens with one attached hydrogen (secondary N) is 2. The molecule has 6 N–H and O–H groups in total. The summed E-state index contributed by atoms with van der Waals surface area (Å²) in [7, 11) is -3.49. The lowest BCUT2D eigenvalue weighted by Gasteiger charge is -2.18. The van der Waals surface area contributed by atoms with E-state index in [1.54, 1.807) is 13.8 Å². The van der Waals surface area contributed by atoms with Crippen LogP contribution in [0.3, 0.4) is 0 Å². The Morgan fingerprint density at radius 3 is 2.55 bits per heavy atom. The van der Waals surface area contributed by atoms with E-state index in [4.69, 9.17) is 19.5 Å². The van der Waals surface area contributed by atoms with Gasteiger partial charge >= 0.3 is 7.60 Å². The van der Waals surface area contributed by atoms with Crippen molar-refractivity contribution in [2.75, 3.05) is 31.8 Å². The smallest absolute Gasteiger partial charge is 0.349 e. The monoisotopic (exact) mass is 487 g/mol. The summed E-state index contributed by atoms with van der Waals surface area (Å²) < 4.78 is 29.3. The van der Waals surface area contributed by atoms with E-state index in [0.29, 0.717) is 0 Å². The molecule has 0 unspecified atom stereocenters. The molecule has 1 aliphatic heterocycles. The van der Waals surface area contributed by atoms with E-state index in [2.05, 4.69) is 25.6 Å². The Hall–Kier alpha value is -2.68. The van der Waals surface area contributed by atoms with E-state index >= 15 is 0 Å². The van der Waals surface area contributed by atoms with Crippen molar-refractivity contribution in [3.8, 4) is 0 Å². The van der Waals surface area contributed by atoms with Crippen molar-refractivity contribution in [3.63, 3.8) is 0 Å². The molecule has 0 bridgehead atoms. The molecule has 16 heteroatoms. The summed E-state index contributed by atoms with van der Waals surface area (Å²) >= 11 is 0. The number of rotatable bonds is 10. The van der Waals surface area contributed by atoms with Crippen molar-refractivity contribution >= 4 is 36.4 Å². The predicted molar refractivity (Wildman–Crippen MR) is 113 cm³/mol. The van der Waals surface area contributed by atoms with Crippen molar-refractivity contribution in [2.24, 2.45) is 0 Å². The van der Waals surface area contributed by atoms with Crippen molar-refractivity contribution in [3.05, 3.63) is 12.7 Å². The van der Waals surface area contributed by atoms with Gasteiger partial charge in [-0.3, -0.25) is 18.7 Å². The quantitative estimate of drug-likeness (QED) is 0.242. The highest BCUT2D eigenvalue weighted by Gasteiger charge is 2.47. The summed E-state index contributed by atoms with van der Waals surface area (Å²) in [5.41, 5.74) is 6.25. The van der Waals surface area contributed by atoms with Crippen molar-refractivity contribution in [2.45, 2.75) is 38.4 Å². The van der Waals surface area contributed by atoms with Gasteiger partial charge in [-0.25, -0.2) is 15.0 Å². The van der Waals surface area contributed by atoms with Crippen LogP contribution >= 0.6 is 7.60 Å². The van der Waals surface area contributed by atoms with Crippen molar-refractivity contribution < 1.29 is 38.2 Å². The van der Waals surface area contributed by atoms with Gasteiger partial charge in [-0.2, -0.15) is 0 Å². The van der Waals surface area contributed by atoms with Crippen LogP contribution < -0.4 is 16.4 Å². The molecular formula is C17H26N7O8P. The van der Waals surface area contributed by atoms with Gasteiger partial charge in [0.15, 0.2) is 23.8 Å². The first kappa shape index (κ1) is 25.0. The fraction of sp³-hybridized carbons (Fsp3) is 0.588. The lowest BCUT2D eigenvalue weighted by Crippen LogP contribution is -2.46. The van der Waals surface area contributed by atoms with E-state index < -0.39 is 50.5 Å². The molecule has 0 radical (unpaired) electrons. The predicted octanol–water partition coefficient (Wildman–Crippen LogP) is -1.52. The van der Waals surface area contributed by atoms with Gasteiger partial charge < -0.3 is 40.4 Å². The first-order valence-electron chi connectivity index (χ1n) is 10.1. The third-order valence-corrected chi connectivity index (χ3v) is 6.55. The van der Waals surface area contributed by atoms with Crippen LogP contribution in [0.1, 0.15) is 20.1 Å². The highest BCUT2D eigenvalue weighted by atomic mass is 31.2. The normalized spacial score (nSPS) is 23.0. The molecule has 1 fully saturated rings. The number of aliphatic hydroxyl groups excluding tert-OH is 2. The average molecular weight is 487 g/mol.